The Hall–Kier alpha value is -3.29. The summed E-state index contributed by atoms with van der Waals surface area (Å²) in [6.07, 6.45) is 0.148. The van der Waals surface area contributed by atoms with Crippen LogP contribution in [0.5, 0.6) is 0 Å². The summed E-state index contributed by atoms with van der Waals surface area (Å²) < 4.78 is 6.87. The third-order valence-electron chi connectivity index (χ3n) is 4.68. The number of amides is 1. The average Bonchev–Trinajstić information content (AvgIpc) is 3.48. The molecule has 0 spiro atoms. The number of aromatic nitrogens is 2. The van der Waals surface area contributed by atoms with Gasteiger partial charge in [0.25, 0.3) is 0 Å². The molecule has 3 aromatic heterocycles. The highest BCUT2D eigenvalue weighted by atomic mass is 32.1. The number of para-hydroxylation sites is 2. The first-order valence-electron chi connectivity index (χ1n) is 9.42. The van der Waals surface area contributed by atoms with E-state index in [0.29, 0.717) is 17.3 Å². The van der Waals surface area contributed by atoms with Gasteiger partial charge in [-0.15, -0.1) is 22.7 Å². The Morgan fingerprint density at radius 2 is 1.87 bits per heavy atom. The molecule has 0 fully saturated rings. The van der Waals surface area contributed by atoms with Crippen molar-refractivity contribution in [3.05, 3.63) is 77.5 Å². The number of benzene rings is 2. The highest BCUT2D eigenvalue weighted by Crippen LogP contribution is 2.34. The lowest BCUT2D eigenvalue weighted by Gasteiger charge is -2.08. The summed E-state index contributed by atoms with van der Waals surface area (Å²) in [6, 6.07) is 19.7. The average molecular weight is 432 g/mol. The molecule has 0 aliphatic carbocycles. The largest absolute Gasteiger partial charge is 0.440 e. The molecule has 0 radical (unpaired) electrons. The summed E-state index contributed by atoms with van der Waals surface area (Å²) >= 11 is 3.17. The third-order valence-corrected chi connectivity index (χ3v) is 6.61. The van der Waals surface area contributed by atoms with Gasteiger partial charge < -0.3 is 9.73 Å². The van der Waals surface area contributed by atoms with Crippen LogP contribution in [0.2, 0.25) is 0 Å². The zero-order valence-electron chi connectivity index (χ0n) is 16.1. The van der Waals surface area contributed by atoms with Crippen LogP contribution in [0.15, 0.2) is 70.5 Å². The number of hydrogen-bond donors (Lipinski definition) is 1. The molecule has 0 saturated carbocycles. The molecule has 2 aromatic carbocycles. The van der Waals surface area contributed by atoms with Crippen molar-refractivity contribution in [2.75, 3.05) is 5.32 Å². The molecule has 30 heavy (non-hydrogen) atoms. The quantitative estimate of drug-likeness (QED) is 0.361. The van der Waals surface area contributed by atoms with Crippen molar-refractivity contribution in [2.24, 2.45) is 0 Å². The van der Waals surface area contributed by atoms with E-state index in [0.717, 1.165) is 31.4 Å². The summed E-state index contributed by atoms with van der Waals surface area (Å²) in [4.78, 5) is 23.0. The van der Waals surface area contributed by atoms with Crippen LogP contribution in [-0.2, 0) is 11.2 Å². The van der Waals surface area contributed by atoms with E-state index in [1.54, 1.807) is 22.7 Å². The molecule has 7 heteroatoms. The van der Waals surface area contributed by atoms with Crippen LogP contribution in [0.25, 0.3) is 31.6 Å². The SMILES string of the molecule is Cc1oc(-c2cccs2)nc1CC(=O)Nc1ccccc1-c1nc2ccccc2s1. The zero-order valence-corrected chi connectivity index (χ0v) is 17.7. The summed E-state index contributed by atoms with van der Waals surface area (Å²) in [6.45, 7) is 1.84. The molecule has 0 saturated heterocycles. The van der Waals surface area contributed by atoms with Crippen molar-refractivity contribution >= 4 is 44.5 Å². The summed E-state index contributed by atoms with van der Waals surface area (Å²) in [5.41, 5.74) is 3.25. The predicted octanol–water partition coefficient (Wildman–Crippen LogP) is 6.17. The Balaban J connectivity index is 1.38. The molecule has 0 bridgehead atoms. The summed E-state index contributed by atoms with van der Waals surface area (Å²) in [5, 5.41) is 5.87. The number of carbonyl (C=O) groups excluding carboxylic acids is 1. The normalized spacial score (nSPS) is 11.1. The third kappa shape index (κ3) is 3.65. The number of thiazole rings is 1. The monoisotopic (exact) mass is 431 g/mol. The fraction of sp³-hybridized carbons (Fsp3) is 0.0870. The molecule has 5 aromatic rings. The first kappa shape index (κ1) is 18.7. The lowest BCUT2D eigenvalue weighted by Crippen LogP contribution is -2.15. The second-order valence-electron chi connectivity index (χ2n) is 6.76. The van der Waals surface area contributed by atoms with Crippen molar-refractivity contribution in [1.82, 2.24) is 9.97 Å². The lowest BCUT2D eigenvalue weighted by molar-refractivity contribution is -0.115. The standard InChI is InChI=1S/C23H17N3O2S2/c1-14-18(25-22(28-14)20-11-6-12-29-20)13-21(27)24-16-8-3-2-7-15(16)23-26-17-9-4-5-10-19(17)30-23/h2-12H,13H2,1H3,(H,24,27). The molecule has 148 valence electrons. The van der Waals surface area contributed by atoms with Gasteiger partial charge in [0.05, 0.1) is 32.9 Å². The molecule has 5 rings (SSSR count). The minimum absolute atomic E-state index is 0.141. The fourth-order valence-corrected chi connectivity index (χ4v) is 4.86. The molecule has 0 unspecified atom stereocenters. The van der Waals surface area contributed by atoms with E-state index < -0.39 is 0 Å². The Labute approximate surface area is 181 Å². The van der Waals surface area contributed by atoms with E-state index in [1.165, 1.54) is 0 Å². The summed E-state index contributed by atoms with van der Waals surface area (Å²) in [7, 11) is 0. The number of fused-ring (bicyclic) bond motifs is 1. The lowest BCUT2D eigenvalue weighted by atomic mass is 10.1. The van der Waals surface area contributed by atoms with Crippen LogP contribution in [0.4, 0.5) is 5.69 Å². The van der Waals surface area contributed by atoms with E-state index in [9.17, 15) is 4.79 Å². The highest BCUT2D eigenvalue weighted by Gasteiger charge is 2.17. The number of aryl methyl sites for hydroxylation is 1. The summed E-state index contributed by atoms with van der Waals surface area (Å²) in [5.74, 6) is 1.07. The van der Waals surface area contributed by atoms with Gasteiger partial charge in [-0.1, -0.05) is 30.3 Å². The van der Waals surface area contributed by atoms with Gasteiger partial charge in [-0.3, -0.25) is 4.79 Å². The van der Waals surface area contributed by atoms with Crippen molar-refractivity contribution in [2.45, 2.75) is 13.3 Å². The first-order chi connectivity index (χ1) is 14.7. The van der Waals surface area contributed by atoms with Crippen LogP contribution < -0.4 is 5.32 Å². The van der Waals surface area contributed by atoms with Crippen LogP contribution in [0, 0.1) is 6.92 Å². The van der Waals surface area contributed by atoms with Gasteiger partial charge in [0, 0.05) is 5.56 Å². The highest BCUT2D eigenvalue weighted by molar-refractivity contribution is 7.21. The fourth-order valence-electron chi connectivity index (χ4n) is 3.21. The van der Waals surface area contributed by atoms with Gasteiger partial charge >= 0.3 is 0 Å². The van der Waals surface area contributed by atoms with Crippen LogP contribution in [0.1, 0.15) is 11.5 Å². The van der Waals surface area contributed by atoms with E-state index in [1.807, 2.05) is 66.9 Å². The number of anilines is 1. The minimum atomic E-state index is -0.141. The van der Waals surface area contributed by atoms with Crippen molar-refractivity contribution < 1.29 is 9.21 Å². The molecular formula is C23H17N3O2S2. The molecule has 0 aliphatic rings. The zero-order chi connectivity index (χ0) is 20.5. The molecular weight excluding hydrogens is 414 g/mol. The topological polar surface area (TPSA) is 68.0 Å². The smallest absolute Gasteiger partial charge is 0.236 e. The number of rotatable bonds is 5. The van der Waals surface area contributed by atoms with Gasteiger partial charge in [0.2, 0.25) is 11.8 Å². The molecule has 1 amide bonds. The van der Waals surface area contributed by atoms with Crippen LogP contribution in [-0.4, -0.2) is 15.9 Å². The van der Waals surface area contributed by atoms with Crippen LogP contribution >= 0.6 is 22.7 Å². The van der Waals surface area contributed by atoms with Crippen LogP contribution in [0.3, 0.4) is 0 Å². The second-order valence-corrected chi connectivity index (χ2v) is 8.73. The van der Waals surface area contributed by atoms with Gasteiger partial charge in [0.15, 0.2) is 0 Å². The van der Waals surface area contributed by atoms with Gasteiger partial charge in [-0.05, 0) is 42.6 Å². The number of nitrogens with zero attached hydrogens (tertiary/aromatic N) is 2. The Morgan fingerprint density at radius 1 is 1.03 bits per heavy atom. The number of oxazole rings is 1. The number of carbonyl (C=O) groups is 1. The Bertz CT molecular complexity index is 1300. The van der Waals surface area contributed by atoms with E-state index in [4.69, 9.17) is 9.40 Å². The first-order valence-corrected chi connectivity index (χ1v) is 11.1. The molecule has 5 nitrogen and oxygen atoms in total. The minimum Gasteiger partial charge on any atom is -0.440 e. The molecule has 3 heterocycles. The number of hydrogen-bond acceptors (Lipinski definition) is 6. The number of thiophene rings is 1. The maximum atomic E-state index is 12.8. The van der Waals surface area contributed by atoms with E-state index in [-0.39, 0.29) is 12.3 Å². The number of nitrogens with one attached hydrogen (secondary N) is 1. The molecule has 0 atom stereocenters. The van der Waals surface area contributed by atoms with Crippen molar-refractivity contribution in [3.8, 4) is 21.3 Å². The van der Waals surface area contributed by atoms with Gasteiger partial charge in [-0.2, -0.15) is 0 Å². The van der Waals surface area contributed by atoms with Gasteiger partial charge in [-0.25, -0.2) is 9.97 Å². The van der Waals surface area contributed by atoms with E-state index in [2.05, 4.69) is 16.4 Å². The molecule has 1 N–H and O–H groups in total. The Morgan fingerprint density at radius 3 is 2.70 bits per heavy atom. The maximum absolute atomic E-state index is 12.8. The second kappa shape index (κ2) is 7.85. The van der Waals surface area contributed by atoms with Crippen molar-refractivity contribution in [1.29, 1.82) is 0 Å². The Kier molecular flexibility index (Phi) is 4.90. The maximum Gasteiger partial charge on any atom is 0.236 e. The molecule has 0 aliphatic heterocycles. The van der Waals surface area contributed by atoms with Crippen molar-refractivity contribution in [3.63, 3.8) is 0 Å². The van der Waals surface area contributed by atoms with Gasteiger partial charge in [0.1, 0.15) is 10.8 Å². The van der Waals surface area contributed by atoms with E-state index >= 15 is 0 Å². The predicted molar refractivity (Wildman–Crippen MR) is 122 cm³/mol.